The topological polar surface area (TPSA) is 39.7 Å². The molecule has 3 unspecified atom stereocenters. The maximum Gasteiger partial charge on any atom is 0.146 e. The number of rotatable bonds is 6. The third kappa shape index (κ3) is 2.98. The van der Waals surface area contributed by atoms with Gasteiger partial charge in [-0.25, -0.2) is 4.39 Å². The van der Waals surface area contributed by atoms with Gasteiger partial charge in [0.15, 0.2) is 0 Å². The normalized spacial score (nSPS) is 25.8. The second-order valence-corrected chi connectivity index (χ2v) is 4.53. The van der Waals surface area contributed by atoms with E-state index in [1.165, 1.54) is 6.07 Å². The van der Waals surface area contributed by atoms with E-state index < -0.39 is 0 Å². The van der Waals surface area contributed by atoms with Crippen LogP contribution in [0.2, 0.25) is 0 Å². The van der Waals surface area contributed by atoms with Gasteiger partial charge in [0.05, 0.1) is 24.9 Å². The van der Waals surface area contributed by atoms with Crippen molar-refractivity contribution in [1.29, 1.82) is 0 Å². The molecule has 106 valence electrons. The molecule has 0 amide bonds. The zero-order chi connectivity index (χ0) is 13.8. The number of anilines is 1. The van der Waals surface area contributed by atoms with Crippen molar-refractivity contribution in [2.75, 3.05) is 26.1 Å². The Kier molecular flexibility index (Phi) is 4.61. The molecule has 0 saturated heterocycles. The Bertz CT molecular complexity index is 427. The van der Waals surface area contributed by atoms with Gasteiger partial charge in [-0.3, -0.25) is 0 Å². The van der Waals surface area contributed by atoms with Crippen molar-refractivity contribution >= 4 is 5.69 Å². The van der Waals surface area contributed by atoms with Crippen LogP contribution in [-0.4, -0.2) is 39.1 Å². The summed E-state index contributed by atoms with van der Waals surface area (Å²) in [4.78, 5) is 0. The average molecular weight is 269 g/mol. The fourth-order valence-corrected chi connectivity index (χ4v) is 2.36. The van der Waals surface area contributed by atoms with Gasteiger partial charge in [0.2, 0.25) is 0 Å². The Morgan fingerprint density at radius 2 is 2.16 bits per heavy atom. The lowest BCUT2D eigenvalue weighted by molar-refractivity contribution is -0.118. The highest BCUT2D eigenvalue weighted by Crippen LogP contribution is 2.31. The second-order valence-electron chi connectivity index (χ2n) is 4.53. The van der Waals surface area contributed by atoms with Crippen LogP contribution in [0.1, 0.15) is 13.3 Å². The van der Waals surface area contributed by atoms with Crippen LogP contribution >= 0.6 is 0 Å². The fraction of sp³-hybridized carbons (Fsp3) is 0.571. The molecule has 1 aromatic carbocycles. The summed E-state index contributed by atoms with van der Waals surface area (Å²) in [6, 6.07) is 4.69. The minimum Gasteiger partial charge on any atom is -0.497 e. The van der Waals surface area contributed by atoms with E-state index in [0.29, 0.717) is 18.0 Å². The van der Waals surface area contributed by atoms with Crippen LogP contribution < -0.4 is 10.1 Å². The first-order valence-corrected chi connectivity index (χ1v) is 6.44. The summed E-state index contributed by atoms with van der Waals surface area (Å²) in [6.45, 7) is 2.61. The summed E-state index contributed by atoms with van der Waals surface area (Å²) in [7, 11) is 3.20. The van der Waals surface area contributed by atoms with Crippen molar-refractivity contribution in [2.24, 2.45) is 0 Å². The molecule has 1 aromatic rings. The molecule has 1 fully saturated rings. The van der Waals surface area contributed by atoms with Crippen LogP contribution in [0.25, 0.3) is 0 Å². The third-order valence-electron chi connectivity index (χ3n) is 3.42. The van der Waals surface area contributed by atoms with E-state index in [1.807, 2.05) is 6.92 Å². The quantitative estimate of drug-likeness (QED) is 0.861. The first kappa shape index (κ1) is 14.1. The SMILES string of the molecule is CCOC1CC(Nc2cc(OC)ccc2F)C1OC. The van der Waals surface area contributed by atoms with Gasteiger partial charge in [-0.05, 0) is 25.5 Å². The highest BCUT2D eigenvalue weighted by molar-refractivity contribution is 5.51. The molecule has 0 spiro atoms. The van der Waals surface area contributed by atoms with Gasteiger partial charge in [-0.1, -0.05) is 0 Å². The van der Waals surface area contributed by atoms with Gasteiger partial charge in [0, 0.05) is 19.8 Å². The molecule has 2 rings (SSSR count). The maximum atomic E-state index is 13.7. The lowest BCUT2D eigenvalue weighted by atomic mass is 9.85. The summed E-state index contributed by atoms with van der Waals surface area (Å²) in [5.74, 6) is 0.328. The third-order valence-corrected chi connectivity index (χ3v) is 3.42. The van der Waals surface area contributed by atoms with Gasteiger partial charge < -0.3 is 19.5 Å². The van der Waals surface area contributed by atoms with Crippen LogP contribution in [-0.2, 0) is 9.47 Å². The summed E-state index contributed by atoms with van der Waals surface area (Å²) in [5, 5.41) is 3.15. The average Bonchev–Trinajstić information content (AvgIpc) is 2.40. The number of benzene rings is 1. The maximum absolute atomic E-state index is 13.7. The summed E-state index contributed by atoms with van der Waals surface area (Å²) >= 11 is 0. The minimum absolute atomic E-state index is 0.0504. The van der Waals surface area contributed by atoms with Crippen molar-refractivity contribution in [1.82, 2.24) is 0 Å². The predicted octanol–water partition coefficient (Wildman–Crippen LogP) is 2.44. The molecule has 0 bridgehead atoms. The Morgan fingerprint density at radius 1 is 1.37 bits per heavy atom. The van der Waals surface area contributed by atoms with Crippen molar-refractivity contribution < 1.29 is 18.6 Å². The van der Waals surface area contributed by atoms with Gasteiger partial charge in [-0.2, -0.15) is 0 Å². The molecule has 0 radical (unpaired) electrons. The molecule has 0 aliphatic heterocycles. The molecule has 1 N–H and O–H groups in total. The zero-order valence-corrected chi connectivity index (χ0v) is 11.5. The van der Waals surface area contributed by atoms with Crippen LogP contribution in [0, 0.1) is 5.82 Å². The molecule has 5 heteroatoms. The molecule has 1 aliphatic rings. The Balaban J connectivity index is 2.02. The van der Waals surface area contributed by atoms with Crippen molar-refractivity contribution in [3.8, 4) is 5.75 Å². The van der Waals surface area contributed by atoms with Crippen LogP contribution in [0.3, 0.4) is 0 Å². The summed E-state index contributed by atoms with van der Waals surface area (Å²) in [6.07, 6.45) is 0.843. The molecule has 1 saturated carbocycles. The number of nitrogens with one attached hydrogen (secondary N) is 1. The molecule has 19 heavy (non-hydrogen) atoms. The molecule has 1 aliphatic carbocycles. The molecule has 0 heterocycles. The summed E-state index contributed by atoms with van der Waals surface area (Å²) in [5.41, 5.74) is 0.432. The highest BCUT2D eigenvalue weighted by atomic mass is 19.1. The lowest BCUT2D eigenvalue weighted by Gasteiger charge is -2.43. The Morgan fingerprint density at radius 3 is 2.79 bits per heavy atom. The van der Waals surface area contributed by atoms with E-state index in [-0.39, 0.29) is 24.1 Å². The van der Waals surface area contributed by atoms with Crippen molar-refractivity contribution in [3.05, 3.63) is 24.0 Å². The number of hydrogen-bond donors (Lipinski definition) is 1. The standard InChI is InChI=1S/C14H20FNO3/c1-4-19-13-8-12(14(13)18-3)16-11-7-9(17-2)5-6-10(11)15/h5-7,12-14,16H,4,8H2,1-3H3. The Hall–Kier alpha value is -1.33. The van der Waals surface area contributed by atoms with Crippen molar-refractivity contribution in [3.63, 3.8) is 0 Å². The first-order valence-electron chi connectivity index (χ1n) is 6.44. The van der Waals surface area contributed by atoms with E-state index in [1.54, 1.807) is 26.4 Å². The van der Waals surface area contributed by atoms with Crippen LogP contribution in [0.5, 0.6) is 5.75 Å². The van der Waals surface area contributed by atoms with Crippen LogP contribution in [0.4, 0.5) is 10.1 Å². The van der Waals surface area contributed by atoms with E-state index >= 15 is 0 Å². The fourth-order valence-electron chi connectivity index (χ4n) is 2.36. The molecule has 0 aromatic heterocycles. The zero-order valence-electron chi connectivity index (χ0n) is 11.5. The van der Waals surface area contributed by atoms with Gasteiger partial charge >= 0.3 is 0 Å². The monoisotopic (exact) mass is 269 g/mol. The van der Waals surface area contributed by atoms with Gasteiger partial charge in [0.25, 0.3) is 0 Å². The molecule has 4 nitrogen and oxygen atoms in total. The lowest BCUT2D eigenvalue weighted by Crippen LogP contribution is -2.56. The second kappa shape index (κ2) is 6.21. The molecule has 3 atom stereocenters. The Labute approximate surface area is 112 Å². The number of halogens is 1. The van der Waals surface area contributed by atoms with Gasteiger partial charge in [0.1, 0.15) is 17.7 Å². The smallest absolute Gasteiger partial charge is 0.146 e. The summed E-state index contributed by atoms with van der Waals surface area (Å²) < 4.78 is 29.7. The van der Waals surface area contributed by atoms with E-state index in [2.05, 4.69) is 5.32 Å². The minimum atomic E-state index is -0.296. The van der Waals surface area contributed by atoms with E-state index in [0.717, 1.165) is 6.42 Å². The van der Waals surface area contributed by atoms with E-state index in [9.17, 15) is 4.39 Å². The predicted molar refractivity (Wildman–Crippen MR) is 71.2 cm³/mol. The first-order chi connectivity index (χ1) is 9.19. The molecular formula is C14H20FNO3. The largest absolute Gasteiger partial charge is 0.497 e. The number of methoxy groups -OCH3 is 2. The van der Waals surface area contributed by atoms with Gasteiger partial charge in [-0.15, -0.1) is 0 Å². The van der Waals surface area contributed by atoms with Crippen LogP contribution in [0.15, 0.2) is 18.2 Å². The van der Waals surface area contributed by atoms with E-state index in [4.69, 9.17) is 14.2 Å². The molecular weight excluding hydrogens is 249 g/mol. The highest BCUT2D eigenvalue weighted by Gasteiger charge is 2.42. The number of ether oxygens (including phenoxy) is 3. The number of hydrogen-bond acceptors (Lipinski definition) is 4. The van der Waals surface area contributed by atoms with Crippen molar-refractivity contribution in [2.45, 2.75) is 31.6 Å².